The summed E-state index contributed by atoms with van der Waals surface area (Å²) in [7, 11) is 0. The summed E-state index contributed by atoms with van der Waals surface area (Å²) in [5.74, 6) is 0.834. The zero-order valence-electron chi connectivity index (χ0n) is 18.6. The van der Waals surface area contributed by atoms with Crippen molar-refractivity contribution in [2.75, 3.05) is 18.0 Å². The van der Waals surface area contributed by atoms with Crippen molar-refractivity contribution in [3.05, 3.63) is 29.8 Å². The Morgan fingerprint density at radius 1 is 1.00 bits per heavy atom. The zero-order valence-corrected chi connectivity index (χ0v) is 19.5. The summed E-state index contributed by atoms with van der Waals surface area (Å²) in [6, 6.07) is 5.61. The predicted molar refractivity (Wildman–Crippen MR) is 124 cm³/mol. The molecule has 2 heterocycles. The number of alkyl halides is 3. The van der Waals surface area contributed by atoms with Gasteiger partial charge in [-0.3, -0.25) is 14.8 Å². The third-order valence-corrected chi connectivity index (χ3v) is 7.35. The van der Waals surface area contributed by atoms with E-state index < -0.39 is 11.7 Å². The van der Waals surface area contributed by atoms with Gasteiger partial charge in [0.05, 0.1) is 22.1 Å². The number of hydrogen-bond acceptors (Lipinski definition) is 3. The molecular weight excluding hydrogens is 419 g/mol. The first kappa shape index (κ1) is 22.7. The topological polar surface area (TPSA) is 18.8 Å². The van der Waals surface area contributed by atoms with Crippen molar-refractivity contribution < 1.29 is 13.2 Å². The van der Waals surface area contributed by atoms with E-state index in [1.54, 1.807) is 6.07 Å². The highest BCUT2D eigenvalue weighted by atomic mass is 32.1. The minimum Gasteiger partial charge on any atom is -0.293 e. The molecular formula is C24H32F3N3S. The van der Waals surface area contributed by atoms with Gasteiger partial charge in [-0.1, -0.05) is 37.5 Å². The second-order valence-corrected chi connectivity index (χ2v) is 10.6. The standard InChI is InChI=1S/C24H32F3N3S/c1-22(2,3)28-20-19(29-14-7-8-15-29)23(12-5-4-6-13-23)21(31)30(20)18-11-9-10-17(16-18)24(25,26)27/h9-11,16,19H,4-8,12-15H2,1-3H3/t19-/m0/s1. The number of benzene rings is 1. The Hall–Kier alpha value is -1.47. The van der Waals surface area contributed by atoms with E-state index in [1.165, 1.54) is 18.6 Å². The van der Waals surface area contributed by atoms with Crippen LogP contribution < -0.4 is 4.90 Å². The molecule has 2 aliphatic heterocycles. The summed E-state index contributed by atoms with van der Waals surface area (Å²) in [5, 5.41) is 0. The quantitative estimate of drug-likeness (QED) is 0.481. The van der Waals surface area contributed by atoms with E-state index in [1.807, 2.05) is 25.7 Å². The van der Waals surface area contributed by atoms with Gasteiger partial charge >= 0.3 is 6.18 Å². The van der Waals surface area contributed by atoms with Crippen LogP contribution in [-0.2, 0) is 6.18 Å². The van der Waals surface area contributed by atoms with E-state index in [4.69, 9.17) is 17.2 Å². The molecule has 1 atom stereocenters. The summed E-state index contributed by atoms with van der Waals surface area (Å²) < 4.78 is 40.5. The zero-order chi connectivity index (χ0) is 22.4. The fraction of sp³-hybridized carbons (Fsp3) is 0.667. The van der Waals surface area contributed by atoms with Gasteiger partial charge in [0.2, 0.25) is 0 Å². The third kappa shape index (κ3) is 4.28. The van der Waals surface area contributed by atoms with Gasteiger partial charge in [0.25, 0.3) is 0 Å². The molecule has 4 rings (SSSR count). The minimum absolute atomic E-state index is 0.0385. The van der Waals surface area contributed by atoms with Crippen LogP contribution in [0.5, 0.6) is 0 Å². The highest BCUT2D eigenvalue weighted by Crippen LogP contribution is 2.51. The summed E-state index contributed by atoms with van der Waals surface area (Å²) in [6.07, 6.45) is 3.24. The van der Waals surface area contributed by atoms with Crippen molar-refractivity contribution in [2.24, 2.45) is 10.4 Å². The molecule has 0 amide bonds. The molecule has 0 aromatic heterocycles. The molecule has 2 saturated heterocycles. The molecule has 3 fully saturated rings. The third-order valence-electron chi connectivity index (χ3n) is 6.76. The minimum atomic E-state index is -4.39. The molecule has 1 spiro atoms. The maximum atomic E-state index is 13.5. The van der Waals surface area contributed by atoms with Crippen LogP contribution in [0.2, 0.25) is 0 Å². The van der Waals surface area contributed by atoms with Crippen molar-refractivity contribution in [3.63, 3.8) is 0 Å². The Morgan fingerprint density at radius 2 is 1.65 bits per heavy atom. The van der Waals surface area contributed by atoms with Gasteiger partial charge in [0.1, 0.15) is 5.84 Å². The summed E-state index contributed by atoms with van der Waals surface area (Å²) >= 11 is 6.11. The van der Waals surface area contributed by atoms with E-state index in [0.29, 0.717) is 5.69 Å². The van der Waals surface area contributed by atoms with Gasteiger partial charge in [-0.05, 0) is 77.7 Å². The molecule has 1 saturated carbocycles. The van der Waals surface area contributed by atoms with E-state index in [0.717, 1.165) is 68.5 Å². The van der Waals surface area contributed by atoms with Gasteiger partial charge in [-0.2, -0.15) is 13.2 Å². The SMILES string of the molecule is CC(C)(C)N=C1[C@H](N2CCCC2)C2(CCCCC2)C(=S)N1c1cccc(C(F)(F)F)c1. The van der Waals surface area contributed by atoms with E-state index in [9.17, 15) is 13.2 Å². The lowest BCUT2D eigenvalue weighted by atomic mass is 9.70. The highest BCUT2D eigenvalue weighted by Gasteiger charge is 2.58. The van der Waals surface area contributed by atoms with Crippen molar-refractivity contribution in [1.29, 1.82) is 0 Å². The fourth-order valence-corrected chi connectivity index (χ4v) is 6.04. The number of amidine groups is 1. The maximum Gasteiger partial charge on any atom is 0.416 e. The van der Waals surface area contributed by atoms with Crippen LogP contribution in [-0.4, -0.2) is 40.4 Å². The molecule has 3 nitrogen and oxygen atoms in total. The van der Waals surface area contributed by atoms with Gasteiger partial charge in [-0.25, -0.2) is 0 Å². The Labute approximate surface area is 188 Å². The van der Waals surface area contributed by atoms with Crippen molar-refractivity contribution in [2.45, 2.75) is 83.5 Å². The Bertz CT molecular complexity index is 860. The van der Waals surface area contributed by atoms with Gasteiger partial charge in [0.15, 0.2) is 0 Å². The molecule has 0 radical (unpaired) electrons. The van der Waals surface area contributed by atoms with Gasteiger partial charge in [0, 0.05) is 11.1 Å². The summed E-state index contributed by atoms with van der Waals surface area (Å²) in [4.78, 5) is 10.3. The Kier molecular flexibility index (Phi) is 5.97. The van der Waals surface area contributed by atoms with Crippen LogP contribution in [0.25, 0.3) is 0 Å². The van der Waals surface area contributed by atoms with Crippen LogP contribution >= 0.6 is 12.2 Å². The normalized spacial score (nSPS) is 26.4. The van der Waals surface area contributed by atoms with E-state index in [2.05, 4.69) is 4.90 Å². The van der Waals surface area contributed by atoms with E-state index in [-0.39, 0.29) is 17.0 Å². The Balaban J connectivity index is 1.89. The first-order valence-corrected chi connectivity index (χ1v) is 11.8. The lowest BCUT2D eigenvalue weighted by molar-refractivity contribution is -0.137. The average molecular weight is 452 g/mol. The predicted octanol–water partition coefficient (Wildman–Crippen LogP) is 6.46. The molecule has 3 aliphatic rings. The Morgan fingerprint density at radius 3 is 2.23 bits per heavy atom. The monoisotopic (exact) mass is 451 g/mol. The van der Waals surface area contributed by atoms with Gasteiger partial charge in [-0.15, -0.1) is 0 Å². The highest BCUT2D eigenvalue weighted by molar-refractivity contribution is 7.80. The lowest BCUT2D eigenvalue weighted by Crippen LogP contribution is -2.50. The second kappa shape index (κ2) is 8.14. The number of likely N-dealkylation sites (tertiary alicyclic amines) is 1. The van der Waals surface area contributed by atoms with Crippen LogP contribution in [0.15, 0.2) is 29.3 Å². The average Bonchev–Trinajstić information content (AvgIpc) is 3.27. The van der Waals surface area contributed by atoms with Crippen molar-refractivity contribution >= 4 is 28.7 Å². The molecule has 1 aromatic carbocycles. The van der Waals surface area contributed by atoms with Crippen LogP contribution in [0.4, 0.5) is 18.9 Å². The molecule has 31 heavy (non-hydrogen) atoms. The largest absolute Gasteiger partial charge is 0.416 e. The maximum absolute atomic E-state index is 13.5. The van der Waals surface area contributed by atoms with Crippen molar-refractivity contribution in [1.82, 2.24) is 4.90 Å². The first-order chi connectivity index (χ1) is 14.5. The second-order valence-electron chi connectivity index (χ2n) is 10.2. The number of thiocarbonyl (C=S) groups is 1. The number of anilines is 1. The molecule has 1 aromatic rings. The van der Waals surface area contributed by atoms with E-state index >= 15 is 0 Å². The molecule has 0 bridgehead atoms. The summed E-state index contributed by atoms with van der Waals surface area (Å²) in [5.41, 5.74) is -0.751. The number of hydrogen-bond donors (Lipinski definition) is 0. The smallest absolute Gasteiger partial charge is 0.293 e. The van der Waals surface area contributed by atoms with Crippen LogP contribution in [0.1, 0.15) is 71.3 Å². The van der Waals surface area contributed by atoms with Crippen LogP contribution in [0.3, 0.4) is 0 Å². The van der Waals surface area contributed by atoms with Crippen LogP contribution in [0, 0.1) is 5.41 Å². The number of halogens is 3. The lowest BCUT2D eigenvalue weighted by Gasteiger charge is -2.41. The number of aliphatic imine (C=N–C) groups is 1. The molecule has 0 unspecified atom stereocenters. The molecule has 0 N–H and O–H groups in total. The number of nitrogens with zero attached hydrogens (tertiary/aromatic N) is 3. The molecule has 170 valence electrons. The molecule has 1 aliphatic carbocycles. The summed E-state index contributed by atoms with van der Waals surface area (Å²) in [6.45, 7) is 8.12. The van der Waals surface area contributed by atoms with Crippen molar-refractivity contribution in [3.8, 4) is 0 Å². The fourth-order valence-electron chi connectivity index (χ4n) is 5.52. The van der Waals surface area contributed by atoms with Gasteiger partial charge < -0.3 is 0 Å². The first-order valence-electron chi connectivity index (χ1n) is 11.4. The number of rotatable bonds is 2. The molecule has 7 heteroatoms.